The largest absolute Gasteiger partial charge is 0.376 e. The van der Waals surface area contributed by atoms with Crippen molar-refractivity contribution in [2.24, 2.45) is 0 Å². The lowest BCUT2D eigenvalue weighted by molar-refractivity contribution is 0.0860. The molecule has 2 amide bonds. The smallest absolute Gasteiger partial charge is 0.315 e. The Bertz CT molecular complexity index is 210. The van der Waals surface area contributed by atoms with Crippen LogP contribution in [0.25, 0.3) is 0 Å². The van der Waals surface area contributed by atoms with Crippen LogP contribution < -0.4 is 10.6 Å². The van der Waals surface area contributed by atoms with Crippen molar-refractivity contribution in [3.05, 3.63) is 0 Å². The third-order valence-corrected chi connectivity index (χ3v) is 2.79. The van der Waals surface area contributed by atoms with E-state index in [9.17, 15) is 4.79 Å². The van der Waals surface area contributed by atoms with Crippen LogP contribution in [0.4, 0.5) is 4.79 Å². The summed E-state index contributed by atoms with van der Waals surface area (Å²) in [7, 11) is 0. The molecule has 0 unspecified atom stereocenters. The molecule has 14 heavy (non-hydrogen) atoms. The summed E-state index contributed by atoms with van der Waals surface area (Å²) in [5.41, 5.74) is 0. The second kappa shape index (κ2) is 4.17. The number of nitrogens with one attached hydrogen (secondary N) is 2. The molecule has 1 saturated carbocycles. The van der Waals surface area contributed by atoms with Crippen LogP contribution in [0.3, 0.4) is 0 Å². The molecule has 2 aliphatic rings. The van der Waals surface area contributed by atoms with Gasteiger partial charge in [0, 0.05) is 12.6 Å². The Kier molecular flexibility index (Phi) is 2.91. The molecule has 2 fully saturated rings. The highest BCUT2D eigenvalue weighted by Crippen LogP contribution is 2.19. The van der Waals surface area contributed by atoms with E-state index in [1.165, 1.54) is 0 Å². The maximum absolute atomic E-state index is 11.4. The summed E-state index contributed by atoms with van der Waals surface area (Å²) in [6.07, 6.45) is 4.63. The normalized spacial score (nSPS) is 28.5. The third-order valence-electron chi connectivity index (χ3n) is 2.79. The standard InChI is InChI=1S/C10H18N2O2/c1-7(9-3-2-6-14-9)11-10(13)12-8-4-5-8/h7-9H,2-6H2,1H3,(H2,11,12,13)/t7-,9-/m0/s1. The van der Waals surface area contributed by atoms with Gasteiger partial charge in [-0.15, -0.1) is 0 Å². The number of carbonyl (C=O) groups excluding carboxylic acids is 1. The van der Waals surface area contributed by atoms with Gasteiger partial charge in [0.25, 0.3) is 0 Å². The Hall–Kier alpha value is -0.770. The second-order valence-electron chi connectivity index (χ2n) is 4.23. The molecule has 1 saturated heterocycles. The molecule has 80 valence electrons. The highest BCUT2D eigenvalue weighted by Gasteiger charge is 2.26. The van der Waals surface area contributed by atoms with Gasteiger partial charge in [0.2, 0.25) is 0 Å². The van der Waals surface area contributed by atoms with Crippen molar-refractivity contribution in [2.45, 2.75) is 50.8 Å². The number of rotatable bonds is 3. The van der Waals surface area contributed by atoms with E-state index >= 15 is 0 Å². The average molecular weight is 198 g/mol. The quantitative estimate of drug-likeness (QED) is 0.711. The van der Waals surface area contributed by atoms with Crippen molar-refractivity contribution < 1.29 is 9.53 Å². The second-order valence-corrected chi connectivity index (χ2v) is 4.23. The molecule has 1 aliphatic carbocycles. The van der Waals surface area contributed by atoms with Gasteiger partial charge in [0.05, 0.1) is 12.1 Å². The monoisotopic (exact) mass is 198 g/mol. The summed E-state index contributed by atoms with van der Waals surface area (Å²) in [5.74, 6) is 0. The molecular weight excluding hydrogens is 180 g/mol. The summed E-state index contributed by atoms with van der Waals surface area (Å²) in [4.78, 5) is 11.4. The van der Waals surface area contributed by atoms with Gasteiger partial charge in [-0.2, -0.15) is 0 Å². The van der Waals surface area contributed by atoms with E-state index in [1.807, 2.05) is 6.92 Å². The van der Waals surface area contributed by atoms with Crippen molar-refractivity contribution in [3.8, 4) is 0 Å². The van der Waals surface area contributed by atoms with Gasteiger partial charge in [0.15, 0.2) is 0 Å². The minimum atomic E-state index is -0.0458. The van der Waals surface area contributed by atoms with Crippen molar-refractivity contribution in [1.29, 1.82) is 0 Å². The molecule has 1 heterocycles. The van der Waals surface area contributed by atoms with Crippen LogP contribution in [0.15, 0.2) is 0 Å². The summed E-state index contributed by atoms with van der Waals surface area (Å²) in [6, 6.07) is 0.499. The molecule has 2 atom stereocenters. The first-order valence-corrected chi connectivity index (χ1v) is 5.44. The van der Waals surface area contributed by atoms with Crippen LogP contribution in [0.2, 0.25) is 0 Å². The molecule has 1 aliphatic heterocycles. The number of amides is 2. The molecular formula is C10H18N2O2. The van der Waals surface area contributed by atoms with Crippen molar-refractivity contribution >= 4 is 6.03 Å². The summed E-state index contributed by atoms with van der Waals surface area (Å²) >= 11 is 0. The Morgan fingerprint density at radius 2 is 2.21 bits per heavy atom. The fourth-order valence-corrected chi connectivity index (χ4v) is 1.75. The SMILES string of the molecule is C[C@H](NC(=O)NC1CC1)[C@@H]1CCCO1. The highest BCUT2D eigenvalue weighted by molar-refractivity contribution is 5.74. The Morgan fingerprint density at radius 3 is 2.79 bits per heavy atom. The van der Waals surface area contributed by atoms with Crippen LogP contribution in [-0.4, -0.2) is 30.8 Å². The van der Waals surface area contributed by atoms with Crippen LogP contribution in [0.5, 0.6) is 0 Å². The lowest BCUT2D eigenvalue weighted by Gasteiger charge is -2.20. The van der Waals surface area contributed by atoms with Gasteiger partial charge in [-0.3, -0.25) is 0 Å². The average Bonchev–Trinajstić information content (AvgIpc) is 2.80. The minimum absolute atomic E-state index is 0.0458. The van der Waals surface area contributed by atoms with Crippen LogP contribution in [0.1, 0.15) is 32.6 Å². The first-order chi connectivity index (χ1) is 6.75. The van der Waals surface area contributed by atoms with Crippen LogP contribution in [0, 0.1) is 0 Å². The Balaban J connectivity index is 1.69. The molecule has 4 nitrogen and oxygen atoms in total. The van der Waals surface area contributed by atoms with E-state index in [1.54, 1.807) is 0 Å². The number of hydrogen-bond acceptors (Lipinski definition) is 2. The van der Waals surface area contributed by atoms with E-state index in [-0.39, 0.29) is 18.2 Å². The highest BCUT2D eigenvalue weighted by atomic mass is 16.5. The number of hydrogen-bond donors (Lipinski definition) is 2. The summed E-state index contributed by atoms with van der Waals surface area (Å²) in [6.45, 7) is 2.84. The molecule has 0 bridgehead atoms. The van der Waals surface area contributed by atoms with Crippen molar-refractivity contribution in [1.82, 2.24) is 10.6 Å². The van der Waals surface area contributed by atoms with E-state index in [4.69, 9.17) is 4.74 Å². The molecule has 2 N–H and O–H groups in total. The van der Waals surface area contributed by atoms with Crippen molar-refractivity contribution in [2.75, 3.05) is 6.61 Å². The predicted molar refractivity (Wildman–Crippen MR) is 53.1 cm³/mol. The van der Waals surface area contributed by atoms with Gasteiger partial charge in [-0.25, -0.2) is 4.79 Å². The summed E-state index contributed by atoms with van der Waals surface area (Å²) < 4.78 is 5.49. The zero-order valence-corrected chi connectivity index (χ0v) is 8.58. The van der Waals surface area contributed by atoms with E-state index < -0.39 is 0 Å². The van der Waals surface area contributed by atoms with Gasteiger partial charge in [0.1, 0.15) is 0 Å². The maximum atomic E-state index is 11.4. The zero-order valence-electron chi connectivity index (χ0n) is 8.58. The first-order valence-electron chi connectivity index (χ1n) is 5.44. The molecule has 0 radical (unpaired) electrons. The van der Waals surface area contributed by atoms with Crippen molar-refractivity contribution in [3.63, 3.8) is 0 Å². The first kappa shape index (κ1) is 9.77. The molecule has 0 aromatic heterocycles. The van der Waals surface area contributed by atoms with E-state index in [0.29, 0.717) is 6.04 Å². The van der Waals surface area contributed by atoms with Crippen LogP contribution >= 0.6 is 0 Å². The number of carbonyl (C=O) groups is 1. The van der Waals surface area contributed by atoms with Gasteiger partial charge in [-0.05, 0) is 32.6 Å². The molecule has 0 spiro atoms. The number of ether oxygens (including phenoxy) is 1. The van der Waals surface area contributed by atoms with Gasteiger partial charge < -0.3 is 15.4 Å². The molecule has 2 rings (SSSR count). The van der Waals surface area contributed by atoms with Crippen LogP contribution in [-0.2, 0) is 4.74 Å². The third kappa shape index (κ3) is 2.61. The summed E-state index contributed by atoms with van der Waals surface area (Å²) in [5, 5.41) is 5.82. The Morgan fingerprint density at radius 1 is 1.43 bits per heavy atom. The maximum Gasteiger partial charge on any atom is 0.315 e. The van der Waals surface area contributed by atoms with E-state index in [0.717, 1.165) is 32.3 Å². The minimum Gasteiger partial charge on any atom is -0.376 e. The molecule has 0 aromatic rings. The zero-order chi connectivity index (χ0) is 9.97. The van der Waals surface area contributed by atoms with Gasteiger partial charge in [-0.1, -0.05) is 0 Å². The molecule has 4 heteroatoms. The predicted octanol–water partition coefficient (Wildman–Crippen LogP) is 1.02. The van der Waals surface area contributed by atoms with E-state index in [2.05, 4.69) is 10.6 Å². The molecule has 0 aromatic carbocycles. The van der Waals surface area contributed by atoms with Gasteiger partial charge >= 0.3 is 6.03 Å². The fraction of sp³-hybridized carbons (Fsp3) is 0.900. The number of urea groups is 1. The Labute approximate surface area is 84.4 Å². The lowest BCUT2D eigenvalue weighted by Crippen LogP contribution is -2.46. The topological polar surface area (TPSA) is 50.4 Å². The fourth-order valence-electron chi connectivity index (χ4n) is 1.75. The lowest BCUT2D eigenvalue weighted by atomic mass is 10.1.